The summed E-state index contributed by atoms with van der Waals surface area (Å²) >= 11 is 3.61. The van der Waals surface area contributed by atoms with E-state index < -0.39 is 0 Å². The van der Waals surface area contributed by atoms with Gasteiger partial charge in [0.05, 0.1) is 15.9 Å². The van der Waals surface area contributed by atoms with Gasteiger partial charge < -0.3 is 5.32 Å². The van der Waals surface area contributed by atoms with E-state index in [-0.39, 0.29) is 0 Å². The predicted octanol–water partition coefficient (Wildman–Crippen LogP) is 2.34. The molecule has 0 spiro atoms. The Morgan fingerprint density at radius 2 is 2.25 bits per heavy atom. The molecular weight excluding hydrogens is 266 g/mol. The van der Waals surface area contributed by atoms with Gasteiger partial charge in [-0.25, -0.2) is 0 Å². The van der Waals surface area contributed by atoms with Crippen LogP contribution in [0.2, 0.25) is 0 Å². The molecule has 0 aromatic carbocycles. The highest BCUT2D eigenvalue weighted by molar-refractivity contribution is 9.10. The van der Waals surface area contributed by atoms with Gasteiger partial charge in [-0.1, -0.05) is 6.92 Å². The summed E-state index contributed by atoms with van der Waals surface area (Å²) < 4.78 is 3.16. The molecule has 0 bridgehead atoms. The third-order valence-corrected chi connectivity index (χ3v) is 3.35. The van der Waals surface area contributed by atoms with Crippen molar-refractivity contribution in [2.75, 3.05) is 6.54 Å². The lowest BCUT2D eigenvalue weighted by Crippen LogP contribution is -2.17. The van der Waals surface area contributed by atoms with Crippen molar-refractivity contribution in [3.8, 4) is 12.3 Å². The summed E-state index contributed by atoms with van der Waals surface area (Å²) in [7, 11) is 0. The number of halogens is 1. The fourth-order valence-corrected chi connectivity index (χ4v) is 2.26. The van der Waals surface area contributed by atoms with Crippen molar-refractivity contribution in [3.05, 3.63) is 15.9 Å². The number of aromatic nitrogens is 2. The van der Waals surface area contributed by atoms with Crippen LogP contribution >= 0.6 is 15.9 Å². The molecule has 0 aliphatic heterocycles. The number of rotatable bonds is 6. The summed E-state index contributed by atoms with van der Waals surface area (Å²) in [6.45, 7) is 6.76. The highest BCUT2D eigenvalue weighted by atomic mass is 79.9. The minimum Gasteiger partial charge on any atom is -0.310 e. The van der Waals surface area contributed by atoms with Gasteiger partial charge in [-0.3, -0.25) is 4.68 Å². The van der Waals surface area contributed by atoms with Crippen molar-refractivity contribution in [3.63, 3.8) is 0 Å². The molecule has 1 heterocycles. The van der Waals surface area contributed by atoms with Gasteiger partial charge in [0.2, 0.25) is 0 Å². The van der Waals surface area contributed by atoms with Gasteiger partial charge in [-0.2, -0.15) is 5.10 Å². The average molecular weight is 284 g/mol. The van der Waals surface area contributed by atoms with Gasteiger partial charge in [-0.15, -0.1) is 12.3 Å². The maximum absolute atomic E-state index is 5.20. The Morgan fingerprint density at radius 3 is 2.81 bits per heavy atom. The molecular formula is C12H18BrN3. The number of hydrogen-bond acceptors (Lipinski definition) is 2. The highest BCUT2D eigenvalue weighted by Gasteiger charge is 2.12. The topological polar surface area (TPSA) is 29.9 Å². The van der Waals surface area contributed by atoms with Gasteiger partial charge >= 0.3 is 0 Å². The van der Waals surface area contributed by atoms with Crippen molar-refractivity contribution in [1.82, 2.24) is 15.1 Å². The van der Waals surface area contributed by atoms with E-state index in [0.717, 1.165) is 42.6 Å². The fraction of sp³-hybridized carbons (Fsp3) is 0.583. The van der Waals surface area contributed by atoms with Crippen molar-refractivity contribution >= 4 is 15.9 Å². The van der Waals surface area contributed by atoms with Crippen molar-refractivity contribution in [1.29, 1.82) is 0 Å². The number of nitrogens with zero attached hydrogens (tertiary/aromatic N) is 2. The van der Waals surface area contributed by atoms with Crippen LogP contribution in [0.4, 0.5) is 0 Å². The Hall–Kier alpha value is -0.790. The summed E-state index contributed by atoms with van der Waals surface area (Å²) in [5, 5.41) is 7.86. The van der Waals surface area contributed by atoms with E-state index in [1.807, 2.05) is 4.68 Å². The first-order valence-corrected chi connectivity index (χ1v) is 6.42. The molecule has 0 aliphatic carbocycles. The molecule has 0 amide bonds. The van der Waals surface area contributed by atoms with Crippen LogP contribution < -0.4 is 5.32 Å². The molecule has 1 aromatic heterocycles. The molecule has 0 aliphatic rings. The number of aryl methyl sites for hydroxylation is 2. The first kappa shape index (κ1) is 13.3. The maximum atomic E-state index is 5.20. The molecule has 0 unspecified atom stereocenters. The first-order valence-electron chi connectivity index (χ1n) is 5.62. The molecule has 0 radical (unpaired) electrons. The second-order valence-electron chi connectivity index (χ2n) is 3.51. The third kappa shape index (κ3) is 3.10. The van der Waals surface area contributed by atoms with Gasteiger partial charge in [0.1, 0.15) is 0 Å². The predicted molar refractivity (Wildman–Crippen MR) is 70.1 cm³/mol. The van der Waals surface area contributed by atoms with E-state index in [1.54, 1.807) is 0 Å². The Kier molecular flexibility index (Phi) is 5.58. The Morgan fingerprint density at radius 1 is 1.50 bits per heavy atom. The van der Waals surface area contributed by atoms with Crippen LogP contribution in [0.3, 0.4) is 0 Å². The highest BCUT2D eigenvalue weighted by Crippen LogP contribution is 2.22. The van der Waals surface area contributed by atoms with E-state index in [2.05, 4.69) is 46.1 Å². The summed E-state index contributed by atoms with van der Waals surface area (Å²) in [6.07, 6.45) is 6.91. The molecule has 3 nitrogen and oxygen atoms in total. The summed E-state index contributed by atoms with van der Waals surface area (Å²) in [6, 6.07) is 0. The molecule has 0 saturated carbocycles. The largest absolute Gasteiger partial charge is 0.310 e. The van der Waals surface area contributed by atoms with Gasteiger partial charge in [0, 0.05) is 26.1 Å². The van der Waals surface area contributed by atoms with Crippen LogP contribution in [-0.2, 0) is 19.5 Å². The van der Waals surface area contributed by atoms with Crippen LogP contribution in [0.1, 0.15) is 31.7 Å². The SMILES string of the molecule is C#CCCNCc1c(Br)c(CC)nn1CC. The van der Waals surface area contributed by atoms with Crippen molar-refractivity contribution in [2.45, 2.75) is 39.8 Å². The lowest BCUT2D eigenvalue weighted by Gasteiger charge is -2.06. The van der Waals surface area contributed by atoms with Crippen molar-refractivity contribution < 1.29 is 0 Å². The lowest BCUT2D eigenvalue weighted by molar-refractivity contribution is 0.580. The van der Waals surface area contributed by atoms with E-state index in [0.29, 0.717) is 0 Å². The minimum atomic E-state index is 0.762. The summed E-state index contributed by atoms with van der Waals surface area (Å²) in [5.74, 6) is 2.62. The normalized spacial score (nSPS) is 10.4. The Balaban J connectivity index is 2.70. The molecule has 1 aromatic rings. The lowest BCUT2D eigenvalue weighted by atomic mass is 10.3. The zero-order valence-electron chi connectivity index (χ0n) is 9.89. The zero-order valence-corrected chi connectivity index (χ0v) is 11.5. The summed E-state index contributed by atoms with van der Waals surface area (Å²) in [5.41, 5.74) is 2.33. The zero-order chi connectivity index (χ0) is 12.0. The fourth-order valence-electron chi connectivity index (χ4n) is 1.55. The molecule has 0 fully saturated rings. The molecule has 16 heavy (non-hydrogen) atoms. The molecule has 4 heteroatoms. The smallest absolute Gasteiger partial charge is 0.0767 e. The second kappa shape index (κ2) is 6.72. The maximum Gasteiger partial charge on any atom is 0.0767 e. The van der Waals surface area contributed by atoms with E-state index in [4.69, 9.17) is 6.42 Å². The molecule has 1 N–H and O–H groups in total. The van der Waals surface area contributed by atoms with E-state index >= 15 is 0 Å². The third-order valence-electron chi connectivity index (χ3n) is 2.43. The van der Waals surface area contributed by atoms with Crippen LogP contribution in [0.5, 0.6) is 0 Å². The Labute approximate surface area is 106 Å². The van der Waals surface area contributed by atoms with E-state index in [1.165, 1.54) is 5.69 Å². The molecule has 0 atom stereocenters. The minimum absolute atomic E-state index is 0.762. The van der Waals surface area contributed by atoms with Crippen LogP contribution in [-0.4, -0.2) is 16.3 Å². The van der Waals surface area contributed by atoms with Crippen LogP contribution in [0.25, 0.3) is 0 Å². The number of terminal acetylenes is 1. The van der Waals surface area contributed by atoms with E-state index in [9.17, 15) is 0 Å². The van der Waals surface area contributed by atoms with Crippen molar-refractivity contribution in [2.24, 2.45) is 0 Å². The molecule has 1 rings (SSSR count). The number of nitrogens with one attached hydrogen (secondary N) is 1. The average Bonchev–Trinajstić information content (AvgIpc) is 2.61. The first-order chi connectivity index (χ1) is 7.74. The number of hydrogen-bond donors (Lipinski definition) is 1. The van der Waals surface area contributed by atoms with Crippen LogP contribution in [0.15, 0.2) is 4.47 Å². The Bertz CT molecular complexity index is 376. The standard InChI is InChI=1S/C12H18BrN3/c1-4-7-8-14-9-11-12(13)10(5-2)15-16(11)6-3/h1,14H,5-9H2,2-3H3. The molecule has 88 valence electrons. The van der Waals surface area contributed by atoms with Gasteiger partial charge in [-0.05, 0) is 29.3 Å². The second-order valence-corrected chi connectivity index (χ2v) is 4.30. The monoisotopic (exact) mass is 283 g/mol. The summed E-state index contributed by atoms with van der Waals surface area (Å²) in [4.78, 5) is 0. The van der Waals surface area contributed by atoms with Crippen LogP contribution in [0, 0.1) is 12.3 Å². The quantitative estimate of drug-likeness (QED) is 0.642. The van der Waals surface area contributed by atoms with Gasteiger partial charge in [0.15, 0.2) is 0 Å². The molecule has 0 saturated heterocycles. The van der Waals surface area contributed by atoms with Gasteiger partial charge in [0.25, 0.3) is 0 Å².